The van der Waals surface area contributed by atoms with Crippen molar-refractivity contribution in [2.75, 3.05) is 0 Å². The molecule has 0 saturated heterocycles. The first-order chi connectivity index (χ1) is 17.6. The zero-order valence-electron chi connectivity index (χ0n) is 18.8. The van der Waals surface area contributed by atoms with E-state index in [1.165, 1.54) is 16.7 Å². The fourth-order valence-corrected chi connectivity index (χ4v) is 4.24. The summed E-state index contributed by atoms with van der Waals surface area (Å²) in [5, 5.41) is 2.44. The molecule has 0 aliphatic carbocycles. The molecule has 0 atom stereocenters. The van der Waals surface area contributed by atoms with Crippen molar-refractivity contribution in [1.82, 2.24) is 19.5 Å². The van der Waals surface area contributed by atoms with Crippen LogP contribution < -0.4 is 5.56 Å². The van der Waals surface area contributed by atoms with Gasteiger partial charge in [0.05, 0.1) is 5.69 Å². The van der Waals surface area contributed by atoms with Crippen molar-refractivity contribution in [3.63, 3.8) is 0 Å². The predicted octanol–water partition coefficient (Wildman–Crippen LogP) is 5.14. The molecule has 0 aliphatic rings. The molecule has 6 rings (SSSR count). The number of halogens is 1. The van der Waals surface area contributed by atoms with Crippen molar-refractivity contribution >= 4 is 28.0 Å². The Morgan fingerprint density at radius 3 is 2.58 bits per heavy atom. The number of aromatic nitrogens is 4. The zero-order valence-corrected chi connectivity index (χ0v) is 18.8. The highest BCUT2D eigenvalue weighted by atomic mass is 19.1. The average Bonchev–Trinajstić information content (AvgIpc) is 3.35. The van der Waals surface area contributed by atoms with Crippen LogP contribution in [0.1, 0.15) is 5.69 Å². The van der Waals surface area contributed by atoms with Crippen molar-refractivity contribution < 1.29 is 13.6 Å². The first kappa shape index (κ1) is 21.5. The van der Waals surface area contributed by atoms with Gasteiger partial charge < -0.3 is 9.21 Å². The van der Waals surface area contributed by atoms with Gasteiger partial charge in [-0.05, 0) is 60.0 Å². The lowest BCUT2D eigenvalue weighted by Gasteiger charge is -2.05. The van der Waals surface area contributed by atoms with E-state index in [0.29, 0.717) is 33.5 Å². The van der Waals surface area contributed by atoms with Crippen molar-refractivity contribution in [3.8, 4) is 28.6 Å². The van der Waals surface area contributed by atoms with Gasteiger partial charge in [-0.2, -0.15) is 4.98 Å². The summed E-state index contributed by atoms with van der Waals surface area (Å²) < 4.78 is 21.2. The van der Waals surface area contributed by atoms with Crippen LogP contribution in [0.25, 0.3) is 50.3 Å². The molecule has 36 heavy (non-hydrogen) atoms. The van der Waals surface area contributed by atoms with Gasteiger partial charge in [0.15, 0.2) is 11.6 Å². The maximum absolute atomic E-state index is 13.6. The van der Waals surface area contributed by atoms with Crippen LogP contribution >= 0.6 is 0 Å². The molecular formula is C28H17FN4O3. The maximum atomic E-state index is 13.6. The van der Waals surface area contributed by atoms with Crippen molar-refractivity contribution in [1.29, 1.82) is 0 Å². The smallest absolute Gasteiger partial charge is 0.282 e. The number of pyridine rings is 3. The third-order valence-corrected chi connectivity index (χ3v) is 5.98. The molecule has 2 aromatic carbocycles. The molecule has 7 nitrogen and oxygen atoms in total. The van der Waals surface area contributed by atoms with E-state index in [9.17, 15) is 14.0 Å². The molecular weight excluding hydrogens is 459 g/mol. The molecule has 0 amide bonds. The van der Waals surface area contributed by atoms with Gasteiger partial charge in [0.25, 0.3) is 5.56 Å². The lowest BCUT2D eigenvalue weighted by atomic mass is 10.1. The highest BCUT2D eigenvalue weighted by Crippen LogP contribution is 2.33. The molecule has 8 heteroatoms. The standard InChI is InChI=1S/C28H17FN4O3/c29-21-6-3-18(4-7-21)25-26(33-14-10-17-2-1-12-31-24(17)28(33)35)32-27(36-25)20-5-8-22-19(16-20)9-13-30-23(22)11-15-34/h1-10,12-16H,11H2. The maximum Gasteiger partial charge on any atom is 0.282 e. The number of hydrogen-bond acceptors (Lipinski definition) is 6. The molecule has 0 saturated carbocycles. The van der Waals surface area contributed by atoms with Gasteiger partial charge in [0, 0.05) is 46.9 Å². The lowest BCUT2D eigenvalue weighted by molar-refractivity contribution is -0.107. The molecule has 6 aromatic rings. The Kier molecular flexibility index (Phi) is 5.19. The SMILES string of the molecule is O=CCc1nccc2cc(-c3nc(-n4ccc5cccnc5c4=O)c(-c4ccc(F)cc4)o3)ccc12. The van der Waals surface area contributed by atoms with Crippen molar-refractivity contribution in [2.45, 2.75) is 6.42 Å². The van der Waals surface area contributed by atoms with Crippen molar-refractivity contribution in [3.05, 3.63) is 107 Å². The molecule has 0 spiro atoms. The summed E-state index contributed by atoms with van der Waals surface area (Å²) in [6, 6.07) is 18.6. The zero-order chi connectivity index (χ0) is 24.6. The molecule has 0 unspecified atom stereocenters. The minimum absolute atomic E-state index is 0.216. The highest BCUT2D eigenvalue weighted by molar-refractivity contribution is 5.89. The lowest BCUT2D eigenvalue weighted by Crippen LogP contribution is -2.19. The quantitative estimate of drug-likeness (QED) is 0.320. The van der Waals surface area contributed by atoms with Crippen LogP contribution in [0.4, 0.5) is 4.39 Å². The Morgan fingerprint density at radius 2 is 1.75 bits per heavy atom. The number of nitrogens with zero attached hydrogens (tertiary/aromatic N) is 4. The number of carbonyl (C=O) groups is 1. The third kappa shape index (κ3) is 3.65. The minimum atomic E-state index is -0.388. The number of carbonyl (C=O) groups excluding carboxylic acids is 1. The normalized spacial score (nSPS) is 11.2. The van der Waals surface area contributed by atoms with Crippen molar-refractivity contribution in [2.24, 2.45) is 0 Å². The predicted molar refractivity (Wildman–Crippen MR) is 133 cm³/mol. The Bertz CT molecular complexity index is 1820. The Labute approximate surface area is 203 Å². The number of fused-ring (bicyclic) bond motifs is 2. The Morgan fingerprint density at radius 1 is 0.917 bits per heavy atom. The second-order valence-electron chi connectivity index (χ2n) is 8.18. The molecule has 0 bridgehead atoms. The molecule has 0 radical (unpaired) electrons. The van der Waals surface area contributed by atoms with E-state index in [2.05, 4.69) is 15.0 Å². The second kappa shape index (κ2) is 8.66. The molecule has 174 valence electrons. The fourth-order valence-electron chi connectivity index (χ4n) is 4.24. The molecule has 0 N–H and O–H groups in total. The van der Waals surface area contributed by atoms with E-state index in [4.69, 9.17) is 4.42 Å². The summed E-state index contributed by atoms with van der Waals surface area (Å²) in [6.45, 7) is 0. The van der Waals surface area contributed by atoms with E-state index >= 15 is 0 Å². The van der Waals surface area contributed by atoms with Crippen LogP contribution in [0.3, 0.4) is 0 Å². The first-order valence-electron chi connectivity index (χ1n) is 11.2. The number of benzene rings is 2. The topological polar surface area (TPSA) is 90.9 Å². The van der Waals surface area contributed by atoms with Gasteiger partial charge in [-0.3, -0.25) is 19.3 Å². The van der Waals surface area contributed by atoms with Gasteiger partial charge in [-0.15, -0.1) is 0 Å². The van der Waals surface area contributed by atoms with E-state index < -0.39 is 0 Å². The number of rotatable bonds is 5. The van der Waals surface area contributed by atoms with E-state index in [1.54, 1.807) is 42.9 Å². The minimum Gasteiger partial charge on any atom is -0.434 e. The average molecular weight is 476 g/mol. The third-order valence-electron chi connectivity index (χ3n) is 5.98. The Balaban J connectivity index is 1.56. The fraction of sp³-hybridized carbons (Fsp3) is 0.0357. The summed E-state index contributed by atoms with van der Waals surface area (Å²) in [5.74, 6) is 0.485. The summed E-state index contributed by atoms with van der Waals surface area (Å²) >= 11 is 0. The van der Waals surface area contributed by atoms with Crippen LogP contribution in [0, 0.1) is 5.82 Å². The number of oxazole rings is 1. The highest BCUT2D eigenvalue weighted by Gasteiger charge is 2.20. The van der Waals surface area contributed by atoms with Gasteiger partial charge in [0.2, 0.25) is 5.89 Å². The van der Waals surface area contributed by atoms with E-state index in [1.807, 2.05) is 30.3 Å². The molecule has 0 aliphatic heterocycles. The van der Waals surface area contributed by atoms with E-state index in [0.717, 1.165) is 17.1 Å². The summed E-state index contributed by atoms with van der Waals surface area (Å²) in [4.78, 5) is 37.5. The summed E-state index contributed by atoms with van der Waals surface area (Å²) in [7, 11) is 0. The van der Waals surface area contributed by atoms with Crippen LogP contribution in [0.2, 0.25) is 0 Å². The summed E-state index contributed by atoms with van der Waals surface area (Å²) in [5.41, 5.74) is 1.88. The summed E-state index contributed by atoms with van der Waals surface area (Å²) in [6.07, 6.45) is 5.87. The number of hydrogen-bond donors (Lipinski definition) is 0. The van der Waals surface area contributed by atoms with Crippen LogP contribution in [0.5, 0.6) is 0 Å². The largest absolute Gasteiger partial charge is 0.434 e. The van der Waals surface area contributed by atoms with Gasteiger partial charge >= 0.3 is 0 Å². The Hall–Kier alpha value is -4.98. The first-order valence-corrected chi connectivity index (χ1v) is 11.2. The van der Waals surface area contributed by atoms with E-state index in [-0.39, 0.29) is 29.5 Å². The second-order valence-corrected chi connectivity index (χ2v) is 8.18. The molecule has 4 heterocycles. The van der Waals surface area contributed by atoms with Gasteiger partial charge in [-0.1, -0.05) is 12.1 Å². The van der Waals surface area contributed by atoms with Crippen LogP contribution in [-0.2, 0) is 11.2 Å². The molecule has 4 aromatic heterocycles. The van der Waals surface area contributed by atoms with Crippen LogP contribution in [-0.4, -0.2) is 25.8 Å². The van der Waals surface area contributed by atoms with Gasteiger partial charge in [0.1, 0.15) is 17.6 Å². The number of aldehydes is 1. The van der Waals surface area contributed by atoms with Gasteiger partial charge in [-0.25, -0.2) is 4.39 Å². The molecule has 0 fully saturated rings. The van der Waals surface area contributed by atoms with Crippen LogP contribution in [0.15, 0.2) is 94.5 Å². The monoisotopic (exact) mass is 476 g/mol.